The highest BCUT2D eigenvalue weighted by atomic mass is 35.5. The average Bonchev–Trinajstić information content (AvgIpc) is 3.30. The molecule has 1 saturated carbocycles. The van der Waals surface area contributed by atoms with Crippen molar-refractivity contribution in [2.24, 2.45) is 5.92 Å². The molecular weight excluding hydrogens is 272 g/mol. The number of nitrogens with one attached hydrogen (secondary N) is 1. The summed E-state index contributed by atoms with van der Waals surface area (Å²) < 4.78 is 5.38. The van der Waals surface area contributed by atoms with Gasteiger partial charge in [-0.2, -0.15) is 0 Å². The average molecular weight is 295 g/mol. The lowest BCUT2D eigenvalue weighted by Gasteiger charge is -2.35. The second-order valence-corrected chi connectivity index (χ2v) is 6.28. The van der Waals surface area contributed by atoms with Gasteiger partial charge in [0.1, 0.15) is 5.75 Å². The molecule has 1 heterocycles. The van der Waals surface area contributed by atoms with Crippen molar-refractivity contribution in [3.8, 4) is 5.75 Å². The first-order valence-electron chi connectivity index (χ1n) is 7.56. The third-order valence-corrected chi connectivity index (χ3v) is 4.72. The third-order valence-electron chi connectivity index (χ3n) is 4.41. The molecule has 3 rings (SSSR count). The largest absolute Gasteiger partial charge is 0.495 e. The Bertz CT molecular complexity index is 456. The van der Waals surface area contributed by atoms with E-state index in [1.165, 1.54) is 24.8 Å². The van der Waals surface area contributed by atoms with Gasteiger partial charge >= 0.3 is 0 Å². The Balaban J connectivity index is 1.83. The van der Waals surface area contributed by atoms with Crippen molar-refractivity contribution in [1.82, 2.24) is 10.2 Å². The van der Waals surface area contributed by atoms with Crippen molar-refractivity contribution in [1.29, 1.82) is 0 Å². The lowest BCUT2D eigenvalue weighted by Crippen LogP contribution is -2.45. The Morgan fingerprint density at radius 3 is 2.75 bits per heavy atom. The second-order valence-electron chi connectivity index (χ2n) is 5.87. The molecule has 0 aromatic heterocycles. The van der Waals surface area contributed by atoms with E-state index in [2.05, 4.69) is 22.3 Å². The molecule has 0 amide bonds. The number of hydrogen-bond donors (Lipinski definition) is 1. The van der Waals surface area contributed by atoms with Crippen molar-refractivity contribution in [3.63, 3.8) is 0 Å². The van der Waals surface area contributed by atoms with E-state index in [0.29, 0.717) is 11.1 Å². The van der Waals surface area contributed by atoms with Gasteiger partial charge in [0.15, 0.2) is 0 Å². The van der Waals surface area contributed by atoms with Crippen molar-refractivity contribution in [2.75, 3.05) is 33.3 Å². The summed E-state index contributed by atoms with van der Waals surface area (Å²) in [6.07, 6.45) is 4.06. The highest BCUT2D eigenvalue weighted by Crippen LogP contribution is 2.41. The normalized spacial score (nSPS) is 21.7. The highest BCUT2D eigenvalue weighted by molar-refractivity contribution is 6.32. The molecule has 4 heteroatoms. The van der Waals surface area contributed by atoms with Crippen LogP contribution < -0.4 is 10.1 Å². The number of rotatable bonds is 5. The first kappa shape index (κ1) is 14.2. The number of nitrogens with zero attached hydrogens (tertiary/aromatic N) is 1. The number of ether oxygens (including phenoxy) is 1. The molecule has 1 aromatic rings. The number of benzene rings is 1. The molecular formula is C16H23ClN2O. The minimum atomic E-state index is 0.510. The predicted octanol–water partition coefficient (Wildman–Crippen LogP) is 3.10. The maximum atomic E-state index is 6.16. The Kier molecular flexibility index (Phi) is 4.49. The molecule has 0 unspecified atom stereocenters. The second kappa shape index (κ2) is 6.33. The molecule has 1 N–H and O–H groups in total. The Hall–Kier alpha value is -0.770. The van der Waals surface area contributed by atoms with Gasteiger partial charge in [-0.3, -0.25) is 4.90 Å². The van der Waals surface area contributed by atoms with Crippen molar-refractivity contribution >= 4 is 11.6 Å². The lowest BCUT2D eigenvalue weighted by atomic mass is 9.98. The van der Waals surface area contributed by atoms with Gasteiger partial charge in [0.2, 0.25) is 0 Å². The molecule has 20 heavy (non-hydrogen) atoms. The molecule has 0 radical (unpaired) electrons. The first-order chi connectivity index (χ1) is 9.78. The van der Waals surface area contributed by atoms with E-state index >= 15 is 0 Å². The SMILES string of the molecule is COc1cc([C@@H](CC2CC2)N2CCNCC2)ccc1Cl. The zero-order valence-electron chi connectivity index (χ0n) is 12.1. The summed E-state index contributed by atoms with van der Waals surface area (Å²) in [5, 5.41) is 4.13. The number of halogens is 1. The molecule has 1 aromatic carbocycles. The summed E-state index contributed by atoms with van der Waals surface area (Å²) in [7, 11) is 1.69. The van der Waals surface area contributed by atoms with Crippen LogP contribution in [0.4, 0.5) is 0 Å². The van der Waals surface area contributed by atoms with Crippen LogP contribution >= 0.6 is 11.6 Å². The molecule has 1 aliphatic heterocycles. The van der Waals surface area contributed by atoms with Crippen LogP contribution in [0.5, 0.6) is 5.75 Å². The van der Waals surface area contributed by atoms with Gasteiger partial charge in [-0.25, -0.2) is 0 Å². The monoisotopic (exact) mass is 294 g/mol. The van der Waals surface area contributed by atoms with E-state index < -0.39 is 0 Å². The predicted molar refractivity (Wildman–Crippen MR) is 82.5 cm³/mol. The molecule has 110 valence electrons. The molecule has 2 fully saturated rings. The molecule has 0 bridgehead atoms. The fraction of sp³-hybridized carbons (Fsp3) is 0.625. The maximum Gasteiger partial charge on any atom is 0.137 e. The Morgan fingerprint density at radius 1 is 1.35 bits per heavy atom. The molecule has 3 nitrogen and oxygen atoms in total. The molecule has 1 atom stereocenters. The van der Waals surface area contributed by atoms with Crippen LogP contribution in [0.25, 0.3) is 0 Å². The summed E-state index contributed by atoms with van der Waals surface area (Å²) in [5.74, 6) is 1.71. The van der Waals surface area contributed by atoms with Crippen molar-refractivity contribution < 1.29 is 4.74 Å². The van der Waals surface area contributed by atoms with Gasteiger partial charge in [0.25, 0.3) is 0 Å². The summed E-state index contributed by atoms with van der Waals surface area (Å²) >= 11 is 6.16. The zero-order valence-corrected chi connectivity index (χ0v) is 12.8. The zero-order chi connectivity index (χ0) is 13.9. The van der Waals surface area contributed by atoms with Crippen molar-refractivity contribution in [3.05, 3.63) is 28.8 Å². The van der Waals surface area contributed by atoms with E-state index in [9.17, 15) is 0 Å². The van der Waals surface area contributed by atoms with Gasteiger partial charge in [0, 0.05) is 32.2 Å². The van der Waals surface area contributed by atoms with Crippen LogP contribution in [0.3, 0.4) is 0 Å². The van der Waals surface area contributed by atoms with E-state index in [1.54, 1.807) is 7.11 Å². The topological polar surface area (TPSA) is 24.5 Å². The minimum absolute atomic E-state index is 0.510. The van der Waals surface area contributed by atoms with Crippen LogP contribution in [0, 0.1) is 5.92 Å². The minimum Gasteiger partial charge on any atom is -0.495 e. The number of hydrogen-bond acceptors (Lipinski definition) is 3. The van der Waals surface area contributed by atoms with Crippen LogP contribution in [0.1, 0.15) is 30.9 Å². The van der Waals surface area contributed by atoms with Gasteiger partial charge in [-0.15, -0.1) is 0 Å². The van der Waals surface area contributed by atoms with Crippen LogP contribution in [0.15, 0.2) is 18.2 Å². The van der Waals surface area contributed by atoms with Gasteiger partial charge in [0.05, 0.1) is 12.1 Å². The van der Waals surface area contributed by atoms with Crippen molar-refractivity contribution in [2.45, 2.75) is 25.3 Å². The number of piperazine rings is 1. The molecule has 2 aliphatic rings. The third kappa shape index (κ3) is 3.27. The molecule has 1 aliphatic carbocycles. The highest BCUT2D eigenvalue weighted by Gasteiger charge is 2.30. The van der Waals surface area contributed by atoms with Gasteiger partial charge in [-0.05, 0) is 30.0 Å². The summed E-state index contributed by atoms with van der Waals surface area (Å²) in [6.45, 7) is 4.43. The van der Waals surface area contributed by atoms with Gasteiger partial charge in [-0.1, -0.05) is 30.5 Å². The van der Waals surface area contributed by atoms with Gasteiger partial charge < -0.3 is 10.1 Å². The molecule has 0 spiro atoms. The fourth-order valence-corrected chi connectivity index (χ4v) is 3.24. The van der Waals surface area contributed by atoms with E-state index in [-0.39, 0.29) is 0 Å². The van der Waals surface area contributed by atoms with Crippen LogP contribution in [-0.4, -0.2) is 38.2 Å². The molecule has 1 saturated heterocycles. The fourth-order valence-electron chi connectivity index (χ4n) is 3.04. The maximum absolute atomic E-state index is 6.16. The number of methoxy groups -OCH3 is 1. The quantitative estimate of drug-likeness (QED) is 0.903. The summed E-state index contributed by atoms with van der Waals surface area (Å²) in [6, 6.07) is 6.77. The standard InChI is InChI=1S/C16H23ClN2O/c1-20-16-11-13(4-5-14(16)17)15(10-12-2-3-12)19-8-6-18-7-9-19/h4-5,11-12,15,18H,2-3,6-10H2,1H3/t15-/m1/s1. The van der Waals surface area contributed by atoms with E-state index in [1.807, 2.05) is 6.07 Å². The Labute approximate surface area is 126 Å². The van der Waals surface area contributed by atoms with E-state index in [4.69, 9.17) is 16.3 Å². The summed E-state index contributed by atoms with van der Waals surface area (Å²) in [4.78, 5) is 2.61. The van der Waals surface area contributed by atoms with Crippen LogP contribution in [-0.2, 0) is 0 Å². The van der Waals surface area contributed by atoms with E-state index in [0.717, 1.165) is 37.8 Å². The van der Waals surface area contributed by atoms with Crippen LogP contribution in [0.2, 0.25) is 5.02 Å². The lowest BCUT2D eigenvalue weighted by molar-refractivity contribution is 0.160. The smallest absolute Gasteiger partial charge is 0.137 e. The Morgan fingerprint density at radius 2 is 2.10 bits per heavy atom. The summed E-state index contributed by atoms with van der Waals surface area (Å²) in [5.41, 5.74) is 1.35. The first-order valence-corrected chi connectivity index (χ1v) is 7.94.